The number of aromatic amines is 2. The SMILES string of the molecule is O=c1cc(/N=C/c2coc3cc(Br)ccc3c2=O)[nH]c(=S)[nH]1. The highest BCUT2D eigenvalue weighted by Gasteiger charge is 2.05. The van der Waals surface area contributed by atoms with Gasteiger partial charge in [-0.1, -0.05) is 15.9 Å². The molecule has 0 atom stereocenters. The van der Waals surface area contributed by atoms with Crippen molar-refractivity contribution >= 4 is 51.1 Å². The molecule has 0 spiro atoms. The molecule has 0 bridgehead atoms. The Kier molecular flexibility index (Phi) is 3.86. The normalized spacial score (nSPS) is 11.3. The van der Waals surface area contributed by atoms with Crippen LogP contribution in [0.3, 0.4) is 0 Å². The molecule has 0 aliphatic heterocycles. The number of nitrogens with one attached hydrogen (secondary N) is 2. The van der Waals surface area contributed by atoms with Crippen LogP contribution in [0.1, 0.15) is 5.56 Å². The summed E-state index contributed by atoms with van der Waals surface area (Å²) < 4.78 is 6.40. The lowest BCUT2D eigenvalue weighted by Crippen LogP contribution is -2.08. The van der Waals surface area contributed by atoms with Crippen LogP contribution in [0.5, 0.6) is 0 Å². The van der Waals surface area contributed by atoms with E-state index in [-0.39, 0.29) is 27.1 Å². The van der Waals surface area contributed by atoms with E-state index in [4.69, 9.17) is 16.6 Å². The highest BCUT2D eigenvalue weighted by molar-refractivity contribution is 9.10. The van der Waals surface area contributed by atoms with Crippen LogP contribution in [0.25, 0.3) is 11.0 Å². The van der Waals surface area contributed by atoms with Crippen molar-refractivity contribution < 1.29 is 4.42 Å². The van der Waals surface area contributed by atoms with Crippen LogP contribution < -0.4 is 11.0 Å². The van der Waals surface area contributed by atoms with Crippen LogP contribution in [-0.2, 0) is 0 Å². The van der Waals surface area contributed by atoms with Gasteiger partial charge >= 0.3 is 0 Å². The Morgan fingerprint density at radius 2 is 2.05 bits per heavy atom. The predicted octanol–water partition coefficient (Wildman–Crippen LogP) is 3.05. The van der Waals surface area contributed by atoms with E-state index in [9.17, 15) is 9.59 Å². The average molecular weight is 378 g/mol. The minimum absolute atomic E-state index is 0.162. The number of aromatic nitrogens is 2. The summed E-state index contributed by atoms with van der Waals surface area (Å²) in [4.78, 5) is 32.8. The number of hydrogen-bond acceptors (Lipinski definition) is 5. The minimum atomic E-state index is -0.369. The molecule has 2 aromatic heterocycles. The van der Waals surface area contributed by atoms with Crippen LogP contribution in [0.15, 0.2) is 54.0 Å². The van der Waals surface area contributed by atoms with E-state index < -0.39 is 0 Å². The first-order valence-corrected chi connectivity index (χ1v) is 7.32. The number of hydrogen-bond donors (Lipinski definition) is 2. The standard InChI is InChI=1S/C14H8BrN3O3S/c15-8-1-2-9-10(3-8)21-6-7(13(9)20)5-16-11-4-12(19)18-14(22)17-11/h1-6H,(H2,17,18,19,22)/b16-5+. The third kappa shape index (κ3) is 2.97. The summed E-state index contributed by atoms with van der Waals surface area (Å²) in [7, 11) is 0. The monoisotopic (exact) mass is 377 g/mol. The number of H-pyrrole nitrogens is 2. The zero-order chi connectivity index (χ0) is 15.7. The van der Waals surface area contributed by atoms with E-state index in [1.165, 1.54) is 18.5 Å². The van der Waals surface area contributed by atoms with E-state index in [0.29, 0.717) is 11.0 Å². The molecular weight excluding hydrogens is 370 g/mol. The van der Waals surface area contributed by atoms with Crippen molar-refractivity contribution in [2.24, 2.45) is 4.99 Å². The van der Waals surface area contributed by atoms with Gasteiger partial charge in [0.15, 0.2) is 4.77 Å². The first kappa shape index (κ1) is 14.6. The average Bonchev–Trinajstić information content (AvgIpc) is 2.45. The van der Waals surface area contributed by atoms with Crippen LogP contribution >= 0.6 is 28.1 Å². The number of nitrogens with zero attached hydrogens (tertiary/aromatic N) is 1. The molecule has 0 radical (unpaired) electrons. The molecule has 3 rings (SSSR count). The molecule has 0 aliphatic rings. The number of fused-ring (bicyclic) bond motifs is 1. The predicted molar refractivity (Wildman–Crippen MR) is 89.7 cm³/mol. The van der Waals surface area contributed by atoms with E-state index in [2.05, 4.69) is 30.9 Å². The summed E-state index contributed by atoms with van der Waals surface area (Å²) in [5.74, 6) is 0.254. The van der Waals surface area contributed by atoms with Crippen LogP contribution in [-0.4, -0.2) is 16.2 Å². The summed E-state index contributed by atoms with van der Waals surface area (Å²) in [6.07, 6.45) is 2.65. The van der Waals surface area contributed by atoms with E-state index in [0.717, 1.165) is 4.47 Å². The van der Waals surface area contributed by atoms with Gasteiger partial charge in [-0.05, 0) is 30.4 Å². The van der Waals surface area contributed by atoms with Gasteiger partial charge in [0.2, 0.25) is 5.43 Å². The van der Waals surface area contributed by atoms with Gasteiger partial charge in [0, 0.05) is 16.8 Å². The molecular formula is C14H8BrN3O3S. The Bertz CT molecular complexity index is 1040. The molecule has 1 aromatic carbocycles. The summed E-state index contributed by atoms with van der Waals surface area (Å²) in [6, 6.07) is 6.38. The number of halogens is 1. The molecule has 0 saturated heterocycles. The van der Waals surface area contributed by atoms with Gasteiger partial charge in [-0.15, -0.1) is 0 Å². The van der Waals surface area contributed by atoms with Crippen molar-refractivity contribution in [1.82, 2.24) is 9.97 Å². The number of rotatable bonds is 2. The number of benzene rings is 1. The van der Waals surface area contributed by atoms with Crippen molar-refractivity contribution in [2.45, 2.75) is 0 Å². The topological polar surface area (TPSA) is 91.2 Å². The highest BCUT2D eigenvalue weighted by Crippen LogP contribution is 2.17. The second-order valence-corrected chi connectivity index (χ2v) is 5.72. The zero-order valence-corrected chi connectivity index (χ0v) is 13.3. The maximum Gasteiger partial charge on any atom is 0.253 e. The summed E-state index contributed by atoms with van der Waals surface area (Å²) >= 11 is 8.16. The summed E-state index contributed by atoms with van der Waals surface area (Å²) in [5.41, 5.74) is 0.175. The van der Waals surface area contributed by atoms with Crippen LogP contribution in [0.2, 0.25) is 0 Å². The molecule has 0 saturated carbocycles. The molecule has 3 aromatic rings. The third-order valence-electron chi connectivity index (χ3n) is 2.85. The van der Waals surface area contributed by atoms with Crippen LogP contribution in [0, 0.1) is 4.77 Å². The molecule has 0 unspecified atom stereocenters. The van der Waals surface area contributed by atoms with Gasteiger partial charge in [0.05, 0.1) is 10.9 Å². The van der Waals surface area contributed by atoms with Gasteiger partial charge in [-0.2, -0.15) is 0 Å². The maximum absolute atomic E-state index is 12.3. The lowest BCUT2D eigenvalue weighted by Gasteiger charge is -1.99. The summed E-state index contributed by atoms with van der Waals surface area (Å²) in [5, 5.41) is 0.450. The molecule has 0 fully saturated rings. The molecule has 6 nitrogen and oxygen atoms in total. The fourth-order valence-corrected chi connectivity index (χ4v) is 2.42. The molecule has 0 amide bonds. The van der Waals surface area contributed by atoms with Gasteiger partial charge in [-0.3, -0.25) is 14.6 Å². The minimum Gasteiger partial charge on any atom is -0.463 e. The van der Waals surface area contributed by atoms with Crippen LogP contribution in [0.4, 0.5) is 5.82 Å². The molecule has 2 heterocycles. The highest BCUT2D eigenvalue weighted by atomic mass is 79.9. The first-order valence-electron chi connectivity index (χ1n) is 6.12. The van der Waals surface area contributed by atoms with Gasteiger partial charge < -0.3 is 9.40 Å². The lowest BCUT2D eigenvalue weighted by molar-refractivity contribution is 0.601. The molecule has 0 aliphatic carbocycles. The Hall–Kier alpha value is -2.32. The first-order chi connectivity index (χ1) is 10.5. The van der Waals surface area contributed by atoms with Crippen molar-refractivity contribution in [3.05, 3.63) is 65.9 Å². The Labute approximate surface area is 136 Å². The quantitative estimate of drug-likeness (QED) is 0.530. The Morgan fingerprint density at radius 1 is 1.23 bits per heavy atom. The Morgan fingerprint density at radius 3 is 2.82 bits per heavy atom. The molecule has 8 heteroatoms. The van der Waals surface area contributed by atoms with Gasteiger partial charge in [0.1, 0.15) is 17.7 Å². The van der Waals surface area contributed by atoms with Gasteiger partial charge in [-0.25, -0.2) is 4.99 Å². The third-order valence-corrected chi connectivity index (χ3v) is 3.55. The molecule has 22 heavy (non-hydrogen) atoms. The number of aliphatic imine (C=N–C) groups is 1. The lowest BCUT2D eigenvalue weighted by atomic mass is 10.2. The second-order valence-electron chi connectivity index (χ2n) is 4.39. The smallest absolute Gasteiger partial charge is 0.253 e. The fourth-order valence-electron chi connectivity index (χ4n) is 1.87. The van der Waals surface area contributed by atoms with Crippen molar-refractivity contribution in [3.63, 3.8) is 0 Å². The largest absolute Gasteiger partial charge is 0.463 e. The second kappa shape index (κ2) is 5.82. The fraction of sp³-hybridized carbons (Fsp3) is 0. The molecule has 2 N–H and O–H groups in total. The van der Waals surface area contributed by atoms with Crippen molar-refractivity contribution in [2.75, 3.05) is 0 Å². The Balaban J connectivity index is 2.07. The van der Waals surface area contributed by atoms with E-state index in [1.807, 2.05) is 0 Å². The molecule has 110 valence electrons. The zero-order valence-electron chi connectivity index (χ0n) is 10.9. The van der Waals surface area contributed by atoms with Crippen molar-refractivity contribution in [3.8, 4) is 0 Å². The van der Waals surface area contributed by atoms with E-state index in [1.54, 1.807) is 18.2 Å². The van der Waals surface area contributed by atoms with E-state index >= 15 is 0 Å². The van der Waals surface area contributed by atoms with Crippen molar-refractivity contribution in [1.29, 1.82) is 0 Å². The van der Waals surface area contributed by atoms with Gasteiger partial charge in [0.25, 0.3) is 5.56 Å². The maximum atomic E-state index is 12.3. The summed E-state index contributed by atoms with van der Waals surface area (Å²) in [6.45, 7) is 0.